The summed E-state index contributed by atoms with van der Waals surface area (Å²) >= 11 is 0. The highest BCUT2D eigenvalue weighted by Gasteiger charge is 2.33. The number of nitrogens with one attached hydrogen (secondary N) is 1. The summed E-state index contributed by atoms with van der Waals surface area (Å²) in [6, 6.07) is 6.55. The Bertz CT molecular complexity index is 1360. The van der Waals surface area contributed by atoms with Crippen LogP contribution in [0, 0.1) is 5.92 Å². The van der Waals surface area contributed by atoms with Gasteiger partial charge in [-0.2, -0.15) is 18.3 Å². The molecule has 1 aromatic carbocycles. The number of nitrogens with zero attached hydrogens (tertiary/aromatic N) is 3. The Hall–Kier alpha value is -3.80. The smallest absolute Gasteiger partial charge is 0.368 e. The summed E-state index contributed by atoms with van der Waals surface area (Å²) in [4.78, 5) is 38.9. The maximum atomic E-state index is 13.1. The molecule has 0 bridgehead atoms. The van der Waals surface area contributed by atoms with Crippen LogP contribution in [0.5, 0.6) is 0 Å². The fourth-order valence-electron chi connectivity index (χ4n) is 4.62. The number of hydrogen-bond acceptors (Lipinski definition) is 6. The van der Waals surface area contributed by atoms with Gasteiger partial charge in [0, 0.05) is 28.8 Å². The molecule has 0 aliphatic heterocycles. The lowest BCUT2D eigenvalue weighted by molar-refractivity contribution is -0.141. The molecule has 1 aliphatic carbocycles. The van der Waals surface area contributed by atoms with Crippen molar-refractivity contribution in [2.75, 3.05) is 11.9 Å². The number of primary amides is 1. The van der Waals surface area contributed by atoms with E-state index in [1.54, 1.807) is 26.0 Å². The maximum absolute atomic E-state index is 13.1. The number of carbonyl (C=O) groups is 3. The Morgan fingerprint density at radius 3 is 2.53 bits per heavy atom. The first-order chi connectivity index (χ1) is 17.9. The van der Waals surface area contributed by atoms with Gasteiger partial charge in [-0.3, -0.25) is 14.3 Å². The molecule has 2 heterocycles. The highest BCUT2D eigenvalue weighted by Crippen LogP contribution is 2.37. The lowest BCUT2D eigenvalue weighted by Crippen LogP contribution is -2.30. The highest BCUT2D eigenvalue weighted by molar-refractivity contribution is 6.04. The van der Waals surface area contributed by atoms with Gasteiger partial charge >= 0.3 is 6.18 Å². The third kappa shape index (κ3) is 6.01. The molecule has 38 heavy (non-hydrogen) atoms. The van der Waals surface area contributed by atoms with E-state index in [9.17, 15) is 27.6 Å². The first kappa shape index (κ1) is 27.2. The fraction of sp³-hybridized carbons (Fsp3) is 0.423. The van der Waals surface area contributed by atoms with Crippen LogP contribution in [0.2, 0.25) is 0 Å². The normalized spacial score (nSPS) is 18.3. The molecule has 3 N–H and O–H groups in total. The van der Waals surface area contributed by atoms with Crippen molar-refractivity contribution in [3.63, 3.8) is 0 Å². The predicted octanol–water partition coefficient (Wildman–Crippen LogP) is 4.37. The molecule has 0 atom stereocenters. The molecule has 0 radical (unpaired) electrons. The van der Waals surface area contributed by atoms with Crippen LogP contribution in [0.1, 0.15) is 67.3 Å². The highest BCUT2D eigenvalue weighted by atomic mass is 19.4. The van der Waals surface area contributed by atoms with Crippen LogP contribution < -0.4 is 11.1 Å². The zero-order valence-corrected chi connectivity index (χ0v) is 20.9. The van der Waals surface area contributed by atoms with Crippen LogP contribution in [0.4, 0.5) is 18.9 Å². The number of hydrogen-bond donors (Lipinski definition) is 2. The molecule has 2 amide bonds. The molecule has 0 saturated heterocycles. The van der Waals surface area contributed by atoms with Gasteiger partial charge < -0.3 is 20.6 Å². The number of carbonyl (C=O) groups excluding carboxylic acids is 3. The quantitative estimate of drug-likeness (QED) is 0.416. The molecule has 12 heteroatoms. The van der Waals surface area contributed by atoms with Gasteiger partial charge in [-0.1, -0.05) is 6.07 Å². The predicted molar refractivity (Wildman–Crippen MR) is 132 cm³/mol. The fourth-order valence-corrected chi connectivity index (χ4v) is 4.62. The van der Waals surface area contributed by atoms with Crippen LogP contribution in [0.3, 0.4) is 0 Å². The van der Waals surface area contributed by atoms with E-state index in [1.807, 2.05) is 10.9 Å². The third-order valence-electron chi connectivity index (χ3n) is 6.71. The summed E-state index contributed by atoms with van der Waals surface area (Å²) in [6.07, 6.45) is 1.25. The van der Waals surface area contributed by atoms with E-state index >= 15 is 0 Å². The largest absolute Gasteiger partial charge is 0.433 e. The molecule has 9 nitrogen and oxygen atoms in total. The summed E-state index contributed by atoms with van der Waals surface area (Å²) in [5, 5.41) is 8.04. The standard InChI is InChI=1S/C26H28F3N5O4/c1-25(2,38-14-23(30)36)18-11-20-16(12-34(33-20)17-8-6-15(13-35)7-9-17)10-21(18)32-24(37)19-4-3-5-22(31-19)26(27,28)29/h3-5,10-13,15,17H,6-9,14H2,1-2H3,(H2,30,36)(H,32,37)/t15-,17-. The Kier molecular flexibility index (Phi) is 7.54. The van der Waals surface area contributed by atoms with Gasteiger partial charge in [0.15, 0.2) is 0 Å². The summed E-state index contributed by atoms with van der Waals surface area (Å²) in [7, 11) is 0. The third-order valence-corrected chi connectivity index (χ3v) is 6.71. The lowest BCUT2D eigenvalue weighted by atomic mass is 9.87. The zero-order chi connectivity index (χ0) is 27.7. The molecule has 2 aromatic heterocycles. The molecule has 3 aromatic rings. The van der Waals surface area contributed by atoms with E-state index in [2.05, 4.69) is 10.3 Å². The molecular formula is C26H28F3N5O4. The van der Waals surface area contributed by atoms with Gasteiger partial charge in [-0.05, 0) is 63.8 Å². The summed E-state index contributed by atoms with van der Waals surface area (Å²) < 4.78 is 46.9. The van der Waals surface area contributed by atoms with E-state index in [-0.39, 0.29) is 24.3 Å². The van der Waals surface area contributed by atoms with Gasteiger partial charge in [0.2, 0.25) is 5.91 Å². The number of amides is 2. The summed E-state index contributed by atoms with van der Waals surface area (Å²) in [6.45, 7) is 2.96. The van der Waals surface area contributed by atoms with Crippen molar-refractivity contribution < 1.29 is 32.3 Å². The lowest BCUT2D eigenvalue weighted by Gasteiger charge is -2.28. The number of benzene rings is 1. The first-order valence-electron chi connectivity index (χ1n) is 12.1. The average molecular weight is 532 g/mol. The van der Waals surface area contributed by atoms with Gasteiger partial charge in [0.1, 0.15) is 24.3 Å². The minimum atomic E-state index is -4.70. The molecular weight excluding hydrogens is 503 g/mol. The van der Waals surface area contributed by atoms with E-state index in [0.29, 0.717) is 16.5 Å². The van der Waals surface area contributed by atoms with Crippen molar-refractivity contribution in [2.24, 2.45) is 11.7 Å². The van der Waals surface area contributed by atoms with Crippen molar-refractivity contribution in [3.05, 3.63) is 53.5 Å². The number of pyridine rings is 1. The number of nitrogens with two attached hydrogens (primary N) is 1. The monoisotopic (exact) mass is 531 g/mol. The van der Waals surface area contributed by atoms with Crippen LogP contribution in [-0.4, -0.2) is 39.5 Å². The Labute approximate surface area is 216 Å². The van der Waals surface area contributed by atoms with Crippen LogP contribution in [0.15, 0.2) is 36.5 Å². The molecule has 1 saturated carbocycles. The number of halogens is 3. The SMILES string of the molecule is CC(C)(OCC(N)=O)c1cc2nn([C@H]3CC[C@H](C=O)CC3)cc2cc1NC(=O)c1cccc(C(F)(F)F)n1. The molecule has 4 rings (SSSR count). The summed E-state index contributed by atoms with van der Waals surface area (Å²) in [5.41, 5.74) is 3.83. The van der Waals surface area contributed by atoms with Crippen molar-refractivity contribution >= 4 is 34.7 Å². The van der Waals surface area contributed by atoms with Crippen LogP contribution in [-0.2, 0) is 26.1 Å². The van der Waals surface area contributed by atoms with Gasteiger partial charge in [-0.15, -0.1) is 0 Å². The maximum Gasteiger partial charge on any atom is 0.433 e. The molecule has 202 valence electrons. The minimum Gasteiger partial charge on any atom is -0.368 e. The number of anilines is 1. The Balaban J connectivity index is 1.71. The second-order valence-electron chi connectivity index (χ2n) is 9.90. The molecule has 1 fully saturated rings. The van der Waals surface area contributed by atoms with Gasteiger partial charge in [0.25, 0.3) is 5.91 Å². The number of alkyl halides is 3. The number of fused-ring (bicyclic) bond motifs is 1. The Morgan fingerprint density at radius 1 is 1.18 bits per heavy atom. The topological polar surface area (TPSA) is 129 Å². The minimum absolute atomic E-state index is 0.0531. The number of rotatable bonds is 8. The Morgan fingerprint density at radius 2 is 1.89 bits per heavy atom. The van der Waals surface area contributed by atoms with E-state index in [1.165, 1.54) is 6.07 Å². The summed E-state index contributed by atoms with van der Waals surface area (Å²) in [5.74, 6) is -1.48. The van der Waals surface area contributed by atoms with Crippen molar-refractivity contribution in [3.8, 4) is 0 Å². The van der Waals surface area contributed by atoms with Gasteiger partial charge in [0.05, 0.1) is 17.2 Å². The van der Waals surface area contributed by atoms with Gasteiger partial charge in [-0.25, -0.2) is 4.98 Å². The van der Waals surface area contributed by atoms with Crippen LogP contribution in [0.25, 0.3) is 10.9 Å². The molecule has 0 unspecified atom stereocenters. The second kappa shape index (κ2) is 10.5. The van der Waals surface area contributed by atoms with Crippen molar-refractivity contribution in [2.45, 2.75) is 57.3 Å². The van der Waals surface area contributed by atoms with Crippen LogP contribution >= 0.6 is 0 Å². The molecule has 0 spiro atoms. The first-order valence-corrected chi connectivity index (χ1v) is 12.1. The van der Waals surface area contributed by atoms with E-state index < -0.39 is 35.0 Å². The zero-order valence-electron chi connectivity index (χ0n) is 20.9. The van der Waals surface area contributed by atoms with E-state index in [4.69, 9.17) is 15.6 Å². The van der Waals surface area contributed by atoms with E-state index in [0.717, 1.165) is 44.1 Å². The average Bonchev–Trinajstić information content (AvgIpc) is 3.30. The molecule has 1 aliphatic rings. The van der Waals surface area contributed by atoms with Crippen molar-refractivity contribution in [1.29, 1.82) is 0 Å². The number of aromatic nitrogens is 3. The van der Waals surface area contributed by atoms with Crippen molar-refractivity contribution in [1.82, 2.24) is 14.8 Å². The number of ether oxygens (including phenoxy) is 1. The number of aldehydes is 1. The second-order valence-corrected chi connectivity index (χ2v) is 9.90.